The van der Waals surface area contributed by atoms with Gasteiger partial charge in [0.2, 0.25) is 0 Å². The molecule has 0 bridgehead atoms. The number of para-hydroxylation sites is 1. The van der Waals surface area contributed by atoms with Gasteiger partial charge in [0.1, 0.15) is 0 Å². The Morgan fingerprint density at radius 1 is 1.44 bits per heavy atom. The van der Waals surface area contributed by atoms with Gasteiger partial charge in [0, 0.05) is 17.0 Å². The third-order valence-corrected chi connectivity index (χ3v) is 4.49. The van der Waals surface area contributed by atoms with Gasteiger partial charge in [-0.1, -0.05) is 36.1 Å². The third kappa shape index (κ3) is 2.01. The summed E-state index contributed by atoms with van der Waals surface area (Å²) < 4.78 is 0.675. The highest BCUT2D eigenvalue weighted by atomic mass is 32.2. The molecule has 0 amide bonds. The van der Waals surface area contributed by atoms with Crippen molar-refractivity contribution in [2.24, 2.45) is 0 Å². The zero-order chi connectivity index (χ0) is 11.7. The molecule has 1 aliphatic rings. The summed E-state index contributed by atoms with van der Waals surface area (Å²) >= 11 is 11.2. The third-order valence-electron chi connectivity index (χ3n) is 2.57. The Labute approximate surface area is 111 Å². The monoisotopic (exact) mass is 267 g/mol. The molecule has 16 heavy (non-hydrogen) atoms. The predicted octanol–water partition coefficient (Wildman–Crippen LogP) is 4.11. The second kappa shape index (κ2) is 4.82. The van der Waals surface area contributed by atoms with Crippen molar-refractivity contribution >= 4 is 46.5 Å². The summed E-state index contributed by atoms with van der Waals surface area (Å²) in [7, 11) is 0. The molecule has 4 heteroatoms. The van der Waals surface area contributed by atoms with Crippen molar-refractivity contribution in [3.8, 4) is 0 Å². The van der Waals surface area contributed by atoms with Crippen molar-refractivity contribution < 1.29 is 0 Å². The number of fused-ring (bicyclic) bond motifs is 1. The molecule has 1 aliphatic heterocycles. The van der Waals surface area contributed by atoms with E-state index < -0.39 is 0 Å². The van der Waals surface area contributed by atoms with Gasteiger partial charge in [-0.05, 0) is 26.0 Å². The fourth-order valence-corrected chi connectivity index (χ4v) is 3.29. The summed E-state index contributed by atoms with van der Waals surface area (Å²) in [5, 5.41) is 1.21. The van der Waals surface area contributed by atoms with Crippen molar-refractivity contribution in [2.45, 2.75) is 18.7 Å². The molecule has 1 aromatic rings. The quantitative estimate of drug-likeness (QED) is 0.488. The van der Waals surface area contributed by atoms with E-state index in [1.54, 1.807) is 11.8 Å². The average Bonchev–Trinajstić information content (AvgIpc) is 2.65. The van der Waals surface area contributed by atoms with Gasteiger partial charge in [-0.25, -0.2) is 0 Å². The minimum Gasteiger partial charge on any atom is -0.335 e. The van der Waals surface area contributed by atoms with Gasteiger partial charge in [-0.3, -0.25) is 0 Å². The fraction of sp³-hybridized carbons (Fsp3) is 0.250. The molecule has 1 nitrogen and oxygen atoms in total. The Morgan fingerprint density at radius 2 is 2.12 bits per heavy atom. The van der Waals surface area contributed by atoms with Crippen molar-refractivity contribution in [3.05, 3.63) is 34.9 Å². The number of nitrogens with zero attached hydrogens (tertiary/aromatic N) is 1. The molecule has 0 atom stereocenters. The molecular formula is C12H13NS3. The number of hydrogen-bond acceptors (Lipinski definition) is 3. The number of thiocarbonyl (C=S) groups is 1. The van der Waals surface area contributed by atoms with E-state index in [1.807, 2.05) is 6.92 Å². The van der Waals surface area contributed by atoms with Crippen LogP contribution in [0.3, 0.4) is 0 Å². The Hall–Kier alpha value is -0.450. The molecule has 0 unspecified atom stereocenters. The van der Waals surface area contributed by atoms with E-state index >= 15 is 0 Å². The number of rotatable bonds is 2. The van der Waals surface area contributed by atoms with Crippen LogP contribution in [-0.4, -0.2) is 10.7 Å². The molecule has 84 valence electrons. The maximum atomic E-state index is 5.13. The van der Waals surface area contributed by atoms with Crippen LogP contribution in [0, 0.1) is 0 Å². The van der Waals surface area contributed by atoms with Crippen molar-refractivity contribution in [1.29, 1.82) is 0 Å². The first-order chi connectivity index (χ1) is 7.65. The van der Waals surface area contributed by atoms with E-state index in [1.165, 1.54) is 15.6 Å². The summed E-state index contributed by atoms with van der Waals surface area (Å²) in [6.07, 6.45) is 0. The Kier molecular flexibility index (Phi) is 3.62. The van der Waals surface area contributed by atoms with Crippen LogP contribution in [0.2, 0.25) is 0 Å². The SMILES string of the molecule is CCN1C(=C(C)C(=S)S)Sc2ccccc21. The first-order valence-corrected chi connectivity index (χ1v) is 6.81. The first kappa shape index (κ1) is 12.0. The molecule has 0 saturated heterocycles. The Balaban J connectivity index is 2.50. The van der Waals surface area contributed by atoms with Crippen LogP contribution in [0.5, 0.6) is 0 Å². The summed E-state index contributed by atoms with van der Waals surface area (Å²) in [6.45, 7) is 5.14. The van der Waals surface area contributed by atoms with Gasteiger partial charge in [-0.2, -0.15) is 0 Å². The average molecular weight is 267 g/mol. The lowest BCUT2D eigenvalue weighted by Gasteiger charge is -2.19. The molecule has 1 aromatic carbocycles. The Morgan fingerprint density at radius 3 is 2.75 bits per heavy atom. The topological polar surface area (TPSA) is 3.24 Å². The molecule has 2 rings (SSSR count). The van der Waals surface area contributed by atoms with E-state index in [4.69, 9.17) is 12.2 Å². The summed E-state index contributed by atoms with van der Waals surface area (Å²) in [5.74, 6) is 0. The minimum atomic E-state index is 0.675. The van der Waals surface area contributed by atoms with Crippen LogP contribution in [0.25, 0.3) is 0 Å². The highest BCUT2D eigenvalue weighted by Gasteiger charge is 2.25. The van der Waals surface area contributed by atoms with E-state index in [0.717, 1.165) is 12.1 Å². The van der Waals surface area contributed by atoms with E-state index in [2.05, 4.69) is 48.7 Å². The van der Waals surface area contributed by atoms with Crippen LogP contribution < -0.4 is 4.90 Å². The molecule has 0 spiro atoms. The molecule has 1 heterocycles. The number of benzene rings is 1. The largest absolute Gasteiger partial charge is 0.335 e. The predicted molar refractivity (Wildman–Crippen MR) is 79.6 cm³/mol. The van der Waals surface area contributed by atoms with Crippen LogP contribution >= 0.6 is 36.6 Å². The zero-order valence-electron chi connectivity index (χ0n) is 9.23. The van der Waals surface area contributed by atoms with E-state index in [9.17, 15) is 0 Å². The highest BCUT2D eigenvalue weighted by Crippen LogP contribution is 2.47. The van der Waals surface area contributed by atoms with Gasteiger partial charge in [0.15, 0.2) is 0 Å². The van der Waals surface area contributed by atoms with Crippen LogP contribution in [0.1, 0.15) is 13.8 Å². The maximum Gasteiger partial charge on any atom is 0.0850 e. The summed E-state index contributed by atoms with van der Waals surface area (Å²) in [4.78, 5) is 3.58. The molecular weight excluding hydrogens is 254 g/mol. The van der Waals surface area contributed by atoms with E-state index in [-0.39, 0.29) is 0 Å². The molecule has 0 fully saturated rings. The van der Waals surface area contributed by atoms with Gasteiger partial charge < -0.3 is 4.90 Å². The number of anilines is 1. The van der Waals surface area contributed by atoms with Crippen LogP contribution in [-0.2, 0) is 0 Å². The first-order valence-electron chi connectivity index (χ1n) is 5.13. The van der Waals surface area contributed by atoms with Gasteiger partial charge in [0.25, 0.3) is 0 Å². The lowest BCUT2D eigenvalue weighted by Crippen LogP contribution is -2.18. The Bertz CT molecular complexity index is 465. The van der Waals surface area contributed by atoms with Gasteiger partial charge >= 0.3 is 0 Å². The molecule has 0 aromatic heterocycles. The second-order valence-corrected chi connectivity index (χ2v) is 5.74. The molecule has 0 saturated carbocycles. The standard InChI is InChI=1S/C12H13NS3/c1-3-13-9-6-4-5-7-10(9)16-11(13)8(2)12(14)15/h4-7H,3H2,1-2H3,(H,14,15). The molecule has 0 aliphatic carbocycles. The lowest BCUT2D eigenvalue weighted by molar-refractivity contribution is 0.997. The lowest BCUT2D eigenvalue weighted by atomic mass is 10.3. The second-order valence-electron chi connectivity index (χ2n) is 3.55. The van der Waals surface area contributed by atoms with Crippen molar-refractivity contribution in [3.63, 3.8) is 0 Å². The number of thiol groups is 1. The minimum absolute atomic E-state index is 0.675. The number of hydrogen-bond donors (Lipinski definition) is 1. The van der Waals surface area contributed by atoms with Crippen molar-refractivity contribution in [1.82, 2.24) is 0 Å². The van der Waals surface area contributed by atoms with E-state index in [0.29, 0.717) is 4.20 Å². The normalized spacial score (nSPS) is 17.3. The van der Waals surface area contributed by atoms with Crippen LogP contribution in [0.15, 0.2) is 39.8 Å². The number of thioether (sulfide) groups is 1. The fourth-order valence-electron chi connectivity index (χ4n) is 1.72. The molecule has 0 radical (unpaired) electrons. The maximum absolute atomic E-state index is 5.13. The summed E-state index contributed by atoms with van der Waals surface area (Å²) in [6, 6.07) is 8.43. The molecule has 0 N–H and O–H groups in total. The highest BCUT2D eigenvalue weighted by molar-refractivity contribution is 8.12. The smallest absolute Gasteiger partial charge is 0.0850 e. The van der Waals surface area contributed by atoms with Crippen LogP contribution in [0.4, 0.5) is 5.69 Å². The van der Waals surface area contributed by atoms with Gasteiger partial charge in [0.05, 0.1) is 14.9 Å². The zero-order valence-corrected chi connectivity index (χ0v) is 11.8. The van der Waals surface area contributed by atoms with Gasteiger partial charge in [-0.15, -0.1) is 12.6 Å². The van der Waals surface area contributed by atoms with Crippen molar-refractivity contribution in [2.75, 3.05) is 11.4 Å². The summed E-state index contributed by atoms with van der Waals surface area (Å²) in [5.41, 5.74) is 2.36.